The molecule has 0 aromatic heterocycles. The number of carbonyl (C=O) groups is 1. The van der Waals surface area contributed by atoms with Gasteiger partial charge in [-0.25, -0.2) is 0 Å². The second kappa shape index (κ2) is 8.85. The molecule has 2 heterocycles. The van der Waals surface area contributed by atoms with E-state index >= 15 is 0 Å². The Balaban J connectivity index is 1.84. The lowest BCUT2D eigenvalue weighted by Gasteiger charge is -2.42. The highest BCUT2D eigenvalue weighted by Gasteiger charge is 2.31. The van der Waals surface area contributed by atoms with Crippen LogP contribution >= 0.6 is 0 Å². The van der Waals surface area contributed by atoms with Crippen molar-refractivity contribution in [1.82, 2.24) is 14.7 Å². The number of hydrogen-bond donors (Lipinski definition) is 0. The van der Waals surface area contributed by atoms with Gasteiger partial charge in [0.1, 0.15) is 0 Å². The summed E-state index contributed by atoms with van der Waals surface area (Å²) in [5.74, 6) is 0.333. The van der Waals surface area contributed by atoms with E-state index in [9.17, 15) is 4.79 Å². The van der Waals surface area contributed by atoms with Gasteiger partial charge in [-0.3, -0.25) is 14.6 Å². The summed E-state index contributed by atoms with van der Waals surface area (Å²) in [7, 11) is 1.75. The molecule has 5 nitrogen and oxygen atoms in total. The van der Waals surface area contributed by atoms with E-state index in [1.54, 1.807) is 7.11 Å². The number of nitrogens with zero attached hydrogens (tertiary/aromatic N) is 3. The first-order chi connectivity index (χ1) is 10.6. The molecule has 0 aliphatic carbocycles. The van der Waals surface area contributed by atoms with Gasteiger partial charge < -0.3 is 9.64 Å². The van der Waals surface area contributed by atoms with Crippen LogP contribution in [0, 0.1) is 0 Å². The van der Waals surface area contributed by atoms with Crippen LogP contribution in [0.4, 0.5) is 0 Å². The van der Waals surface area contributed by atoms with E-state index in [2.05, 4.69) is 28.5 Å². The third kappa shape index (κ3) is 4.67. The normalized spacial score (nSPS) is 26.7. The molecule has 0 spiro atoms. The fourth-order valence-corrected chi connectivity index (χ4v) is 3.63. The highest BCUT2D eigenvalue weighted by Crippen LogP contribution is 2.16. The zero-order chi connectivity index (χ0) is 15.9. The molecule has 0 aromatic rings. The van der Waals surface area contributed by atoms with Crippen molar-refractivity contribution in [2.45, 2.75) is 51.6 Å². The molecular formula is C17H33N3O2. The van der Waals surface area contributed by atoms with E-state index < -0.39 is 0 Å². The minimum absolute atomic E-state index is 0.0186. The van der Waals surface area contributed by atoms with Gasteiger partial charge in [-0.15, -0.1) is 0 Å². The van der Waals surface area contributed by atoms with E-state index in [1.807, 2.05) is 0 Å². The van der Waals surface area contributed by atoms with Crippen LogP contribution in [-0.2, 0) is 9.53 Å². The molecule has 0 N–H and O–H groups in total. The van der Waals surface area contributed by atoms with Crippen LogP contribution in [0.2, 0.25) is 0 Å². The molecule has 2 rings (SSSR count). The summed E-state index contributed by atoms with van der Waals surface area (Å²) in [4.78, 5) is 19.7. The molecule has 2 aliphatic rings. The molecule has 0 bridgehead atoms. The fraction of sp³-hybridized carbons (Fsp3) is 0.941. The molecule has 5 heteroatoms. The molecule has 22 heavy (non-hydrogen) atoms. The largest absolute Gasteiger partial charge is 0.383 e. The van der Waals surface area contributed by atoms with Gasteiger partial charge in [0.15, 0.2) is 0 Å². The number of piperazine rings is 1. The van der Waals surface area contributed by atoms with Gasteiger partial charge >= 0.3 is 0 Å². The molecule has 0 aromatic carbocycles. The molecule has 1 amide bonds. The SMILES string of the molecule is COCCN1CCN([C@@H](C)C(=O)N2CCCCCC2)C[C@@H]1C. The van der Waals surface area contributed by atoms with Gasteiger partial charge in [0, 0.05) is 52.4 Å². The number of ether oxygens (including phenoxy) is 1. The average Bonchev–Trinajstić information content (AvgIpc) is 2.81. The van der Waals surface area contributed by atoms with Gasteiger partial charge in [-0.05, 0) is 26.7 Å². The second-order valence-electron chi connectivity index (χ2n) is 6.79. The van der Waals surface area contributed by atoms with Crippen molar-refractivity contribution in [3.63, 3.8) is 0 Å². The van der Waals surface area contributed by atoms with E-state index in [1.165, 1.54) is 25.7 Å². The Bertz CT molecular complexity index is 343. The summed E-state index contributed by atoms with van der Waals surface area (Å²) in [6, 6.07) is 0.508. The summed E-state index contributed by atoms with van der Waals surface area (Å²) in [6.45, 7) is 11.0. The Morgan fingerprint density at radius 3 is 2.41 bits per heavy atom. The predicted octanol–water partition coefficient (Wildman–Crippen LogP) is 1.43. The molecular weight excluding hydrogens is 278 g/mol. The van der Waals surface area contributed by atoms with E-state index in [4.69, 9.17) is 4.74 Å². The standard InChI is InChI=1S/C17H33N3O2/c1-15-14-20(11-10-18(15)12-13-22-3)16(2)17(21)19-8-6-4-5-7-9-19/h15-16H,4-14H2,1-3H3/t15-,16-/m0/s1. The minimum atomic E-state index is 0.0186. The Morgan fingerprint density at radius 1 is 1.14 bits per heavy atom. The van der Waals surface area contributed by atoms with Crippen LogP contribution in [-0.4, -0.2) is 85.7 Å². The van der Waals surface area contributed by atoms with Crippen LogP contribution < -0.4 is 0 Å². The lowest BCUT2D eigenvalue weighted by Crippen LogP contribution is -2.58. The number of methoxy groups -OCH3 is 1. The maximum absolute atomic E-state index is 12.8. The highest BCUT2D eigenvalue weighted by atomic mass is 16.5. The molecule has 0 radical (unpaired) electrons. The molecule has 2 fully saturated rings. The third-order valence-electron chi connectivity index (χ3n) is 5.20. The zero-order valence-electron chi connectivity index (χ0n) is 14.6. The van der Waals surface area contributed by atoms with Gasteiger partial charge in [0.25, 0.3) is 0 Å². The summed E-state index contributed by atoms with van der Waals surface area (Å²) in [5, 5.41) is 0. The first kappa shape index (κ1) is 17.7. The number of amides is 1. The number of likely N-dealkylation sites (tertiary alicyclic amines) is 1. The third-order valence-corrected chi connectivity index (χ3v) is 5.20. The Labute approximate surface area is 135 Å². The van der Waals surface area contributed by atoms with Crippen molar-refractivity contribution in [2.24, 2.45) is 0 Å². The van der Waals surface area contributed by atoms with Crippen LogP contribution in [0.1, 0.15) is 39.5 Å². The smallest absolute Gasteiger partial charge is 0.239 e. The molecule has 0 saturated carbocycles. The van der Waals surface area contributed by atoms with Crippen molar-refractivity contribution in [2.75, 3.05) is 53.0 Å². The van der Waals surface area contributed by atoms with Crippen molar-refractivity contribution < 1.29 is 9.53 Å². The van der Waals surface area contributed by atoms with E-state index in [0.29, 0.717) is 11.9 Å². The first-order valence-electron chi connectivity index (χ1n) is 8.89. The molecule has 2 saturated heterocycles. The minimum Gasteiger partial charge on any atom is -0.383 e. The predicted molar refractivity (Wildman–Crippen MR) is 89.0 cm³/mol. The lowest BCUT2D eigenvalue weighted by molar-refractivity contribution is -0.137. The second-order valence-corrected chi connectivity index (χ2v) is 6.79. The summed E-state index contributed by atoms with van der Waals surface area (Å²) in [6.07, 6.45) is 4.88. The quantitative estimate of drug-likeness (QED) is 0.769. The number of hydrogen-bond acceptors (Lipinski definition) is 4. The average molecular weight is 311 g/mol. The Morgan fingerprint density at radius 2 is 1.82 bits per heavy atom. The van der Waals surface area contributed by atoms with Gasteiger partial charge in [-0.1, -0.05) is 12.8 Å². The lowest BCUT2D eigenvalue weighted by atomic mass is 10.1. The molecule has 2 atom stereocenters. The molecule has 0 unspecified atom stereocenters. The number of carbonyl (C=O) groups excluding carboxylic acids is 1. The van der Waals surface area contributed by atoms with E-state index in [-0.39, 0.29) is 6.04 Å². The van der Waals surface area contributed by atoms with Crippen LogP contribution in [0.25, 0.3) is 0 Å². The van der Waals surface area contributed by atoms with Gasteiger partial charge in [0.05, 0.1) is 12.6 Å². The van der Waals surface area contributed by atoms with Crippen molar-refractivity contribution in [3.8, 4) is 0 Å². The monoisotopic (exact) mass is 311 g/mol. The molecule has 2 aliphatic heterocycles. The summed E-state index contributed by atoms with van der Waals surface area (Å²) in [5.41, 5.74) is 0. The van der Waals surface area contributed by atoms with Crippen LogP contribution in [0.3, 0.4) is 0 Å². The van der Waals surface area contributed by atoms with Crippen molar-refractivity contribution >= 4 is 5.91 Å². The van der Waals surface area contributed by atoms with Gasteiger partial charge in [-0.2, -0.15) is 0 Å². The van der Waals surface area contributed by atoms with Crippen LogP contribution in [0.15, 0.2) is 0 Å². The zero-order valence-corrected chi connectivity index (χ0v) is 14.6. The Kier molecular flexibility index (Phi) is 7.12. The van der Waals surface area contributed by atoms with E-state index in [0.717, 1.165) is 45.9 Å². The van der Waals surface area contributed by atoms with Crippen LogP contribution in [0.5, 0.6) is 0 Å². The topological polar surface area (TPSA) is 36.0 Å². The van der Waals surface area contributed by atoms with Gasteiger partial charge in [0.2, 0.25) is 5.91 Å². The van der Waals surface area contributed by atoms with Crippen molar-refractivity contribution in [1.29, 1.82) is 0 Å². The fourth-order valence-electron chi connectivity index (χ4n) is 3.63. The maximum atomic E-state index is 12.8. The maximum Gasteiger partial charge on any atom is 0.239 e. The molecule has 128 valence electrons. The number of rotatable bonds is 5. The summed E-state index contributed by atoms with van der Waals surface area (Å²) >= 11 is 0. The Hall–Kier alpha value is -0.650. The van der Waals surface area contributed by atoms with Crippen molar-refractivity contribution in [3.05, 3.63) is 0 Å². The highest BCUT2D eigenvalue weighted by molar-refractivity contribution is 5.81. The first-order valence-corrected chi connectivity index (χ1v) is 8.89. The summed E-state index contributed by atoms with van der Waals surface area (Å²) < 4.78 is 5.18.